The van der Waals surface area contributed by atoms with E-state index >= 15 is 0 Å². The van der Waals surface area contributed by atoms with Crippen LogP contribution in [0.3, 0.4) is 0 Å². The van der Waals surface area contributed by atoms with Gasteiger partial charge in [0.05, 0.1) is 12.2 Å². The molecule has 16 heavy (non-hydrogen) atoms. The van der Waals surface area contributed by atoms with E-state index in [9.17, 15) is 4.79 Å². The summed E-state index contributed by atoms with van der Waals surface area (Å²) in [6.07, 6.45) is 2.88. The van der Waals surface area contributed by atoms with E-state index in [0.29, 0.717) is 6.61 Å². The second-order valence-corrected chi connectivity index (χ2v) is 4.26. The summed E-state index contributed by atoms with van der Waals surface area (Å²) in [4.78, 5) is 13.7. The Labute approximate surface area is 97.6 Å². The van der Waals surface area contributed by atoms with Crippen molar-refractivity contribution in [1.82, 2.24) is 10.2 Å². The van der Waals surface area contributed by atoms with Crippen LogP contribution in [0.4, 0.5) is 0 Å². The summed E-state index contributed by atoms with van der Waals surface area (Å²) in [6, 6.07) is 0. The third kappa shape index (κ3) is 3.85. The molecule has 4 nitrogen and oxygen atoms in total. The van der Waals surface area contributed by atoms with Crippen LogP contribution >= 0.6 is 0 Å². The lowest BCUT2D eigenvalue weighted by Crippen LogP contribution is -2.27. The van der Waals surface area contributed by atoms with Crippen molar-refractivity contribution in [2.24, 2.45) is 0 Å². The Morgan fingerprint density at radius 1 is 1.44 bits per heavy atom. The van der Waals surface area contributed by atoms with E-state index in [4.69, 9.17) is 4.74 Å². The number of rotatable bonds is 6. The average molecular weight is 226 g/mol. The number of carbonyl (C=O) groups is 1. The fraction of sp³-hybridized carbons (Fsp3) is 0.750. The van der Waals surface area contributed by atoms with Gasteiger partial charge in [-0.15, -0.1) is 0 Å². The fourth-order valence-corrected chi connectivity index (χ4v) is 1.81. The zero-order valence-corrected chi connectivity index (χ0v) is 10.5. The van der Waals surface area contributed by atoms with Gasteiger partial charge in [0.15, 0.2) is 0 Å². The van der Waals surface area contributed by atoms with Crippen molar-refractivity contribution in [3.8, 4) is 0 Å². The number of carbonyl (C=O) groups excluding carboxylic acids is 1. The minimum Gasteiger partial charge on any atom is -0.463 e. The molecule has 0 atom stereocenters. The maximum absolute atomic E-state index is 11.6. The maximum Gasteiger partial charge on any atom is 0.335 e. The van der Waals surface area contributed by atoms with Gasteiger partial charge in [0.2, 0.25) is 0 Å². The van der Waals surface area contributed by atoms with Crippen LogP contribution in [0.25, 0.3) is 0 Å². The molecule has 0 radical (unpaired) electrons. The van der Waals surface area contributed by atoms with E-state index in [1.54, 1.807) is 0 Å². The molecule has 0 aliphatic heterocycles. The molecule has 0 heterocycles. The maximum atomic E-state index is 11.6. The van der Waals surface area contributed by atoms with E-state index in [0.717, 1.165) is 43.6 Å². The number of hydrogen-bond acceptors (Lipinski definition) is 4. The lowest BCUT2D eigenvalue weighted by molar-refractivity contribution is -0.138. The largest absolute Gasteiger partial charge is 0.463 e. The van der Waals surface area contributed by atoms with Crippen molar-refractivity contribution < 1.29 is 9.53 Å². The Hall–Kier alpha value is -1.03. The van der Waals surface area contributed by atoms with Crippen molar-refractivity contribution >= 4 is 5.97 Å². The third-order valence-electron chi connectivity index (χ3n) is 2.64. The quantitative estimate of drug-likeness (QED) is 0.690. The van der Waals surface area contributed by atoms with Crippen LogP contribution in [-0.4, -0.2) is 44.7 Å². The zero-order valence-electron chi connectivity index (χ0n) is 10.5. The monoisotopic (exact) mass is 226 g/mol. The highest BCUT2D eigenvalue weighted by molar-refractivity contribution is 5.89. The van der Waals surface area contributed by atoms with E-state index < -0.39 is 0 Å². The smallest absolute Gasteiger partial charge is 0.335 e. The summed E-state index contributed by atoms with van der Waals surface area (Å²) in [7, 11) is 4.08. The highest BCUT2D eigenvalue weighted by Gasteiger charge is 2.21. The van der Waals surface area contributed by atoms with Crippen LogP contribution in [0.2, 0.25) is 0 Å². The molecule has 1 aliphatic carbocycles. The Morgan fingerprint density at radius 3 is 2.81 bits per heavy atom. The summed E-state index contributed by atoms with van der Waals surface area (Å²) in [5.74, 6) is -0.146. The number of likely N-dealkylation sites (N-methyl/N-ethyl adjacent to an activating group) is 1. The van der Waals surface area contributed by atoms with Gasteiger partial charge in [0.1, 0.15) is 0 Å². The first-order valence-electron chi connectivity index (χ1n) is 5.93. The minimum atomic E-state index is -0.146. The topological polar surface area (TPSA) is 41.6 Å². The molecule has 0 amide bonds. The van der Waals surface area contributed by atoms with Gasteiger partial charge in [-0.2, -0.15) is 0 Å². The Bertz CT molecular complexity index is 272. The van der Waals surface area contributed by atoms with E-state index in [1.807, 2.05) is 21.0 Å². The SMILES string of the molecule is CCOC(=O)C1=C(NCCN(C)C)CCC1. The first-order chi connectivity index (χ1) is 7.65. The normalized spacial score (nSPS) is 15.8. The van der Waals surface area contributed by atoms with Crippen molar-refractivity contribution in [3.63, 3.8) is 0 Å². The molecule has 0 aromatic carbocycles. The Kier molecular flexibility index (Phi) is 5.32. The molecule has 0 aromatic heterocycles. The van der Waals surface area contributed by atoms with Gasteiger partial charge >= 0.3 is 5.97 Å². The summed E-state index contributed by atoms with van der Waals surface area (Å²) in [5.41, 5.74) is 1.93. The summed E-state index contributed by atoms with van der Waals surface area (Å²) >= 11 is 0. The number of hydrogen-bond donors (Lipinski definition) is 1. The summed E-state index contributed by atoms with van der Waals surface area (Å²) in [6.45, 7) is 4.14. The molecule has 0 saturated heterocycles. The molecule has 1 aliphatic rings. The number of allylic oxidation sites excluding steroid dienone is 1. The number of nitrogens with zero attached hydrogens (tertiary/aromatic N) is 1. The van der Waals surface area contributed by atoms with Crippen LogP contribution in [0.5, 0.6) is 0 Å². The predicted octanol–water partition coefficient (Wildman–Crippen LogP) is 1.14. The Morgan fingerprint density at radius 2 is 2.19 bits per heavy atom. The zero-order chi connectivity index (χ0) is 12.0. The lowest BCUT2D eigenvalue weighted by atomic mass is 10.2. The molecular weight excluding hydrogens is 204 g/mol. The molecule has 0 fully saturated rings. The van der Waals surface area contributed by atoms with Crippen LogP contribution in [-0.2, 0) is 9.53 Å². The van der Waals surface area contributed by atoms with Crippen LogP contribution in [0.15, 0.2) is 11.3 Å². The fourth-order valence-electron chi connectivity index (χ4n) is 1.81. The van der Waals surface area contributed by atoms with E-state index in [2.05, 4.69) is 10.2 Å². The van der Waals surface area contributed by atoms with Crippen molar-refractivity contribution in [2.45, 2.75) is 26.2 Å². The van der Waals surface area contributed by atoms with Gasteiger partial charge in [-0.3, -0.25) is 0 Å². The van der Waals surface area contributed by atoms with Gasteiger partial charge in [0, 0.05) is 18.8 Å². The minimum absolute atomic E-state index is 0.146. The van der Waals surface area contributed by atoms with E-state index in [-0.39, 0.29) is 5.97 Å². The molecule has 0 spiro atoms. The molecule has 92 valence electrons. The second kappa shape index (κ2) is 6.53. The molecule has 0 bridgehead atoms. The molecule has 0 aromatic rings. The first kappa shape index (κ1) is 13.0. The molecule has 1 N–H and O–H groups in total. The Balaban J connectivity index is 2.47. The van der Waals surface area contributed by atoms with Gasteiger partial charge < -0.3 is 15.0 Å². The van der Waals surface area contributed by atoms with Crippen molar-refractivity contribution in [1.29, 1.82) is 0 Å². The highest BCUT2D eigenvalue weighted by Crippen LogP contribution is 2.24. The van der Waals surface area contributed by atoms with Gasteiger partial charge in [-0.1, -0.05) is 0 Å². The standard InChI is InChI=1S/C12H22N2O2/c1-4-16-12(15)10-6-5-7-11(10)13-8-9-14(2)3/h13H,4-9H2,1-3H3. The lowest BCUT2D eigenvalue weighted by Gasteiger charge is -2.13. The molecule has 0 unspecified atom stereocenters. The molecular formula is C12H22N2O2. The van der Waals surface area contributed by atoms with Gasteiger partial charge in [-0.25, -0.2) is 4.79 Å². The number of nitrogens with one attached hydrogen (secondary N) is 1. The van der Waals surface area contributed by atoms with Crippen LogP contribution in [0.1, 0.15) is 26.2 Å². The third-order valence-corrected chi connectivity index (χ3v) is 2.64. The van der Waals surface area contributed by atoms with Crippen LogP contribution in [0, 0.1) is 0 Å². The van der Waals surface area contributed by atoms with E-state index in [1.165, 1.54) is 0 Å². The number of esters is 1. The van der Waals surface area contributed by atoms with Gasteiger partial charge in [0.25, 0.3) is 0 Å². The average Bonchev–Trinajstić information content (AvgIpc) is 2.66. The summed E-state index contributed by atoms with van der Waals surface area (Å²) < 4.78 is 5.04. The summed E-state index contributed by atoms with van der Waals surface area (Å²) in [5, 5.41) is 3.34. The predicted molar refractivity (Wildman–Crippen MR) is 64.1 cm³/mol. The number of ether oxygens (including phenoxy) is 1. The van der Waals surface area contributed by atoms with Crippen molar-refractivity contribution in [2.75, 3.05) is 33.8 Å². The molecule has 0 saturated carbocycles. The van der Waals surface area contributed by atoms with Gasteiger partial charge in [-0.05, 0) is 40.3 Å². The molecule has 4 heteroatoms. The van der Waals surface area contributed by atoms with Crippen molar-refractivity contribution in [3.05, 3.63) is 11.3 Å². The first-order valence-corrected chi connectivity index (χ1v) is 5.93. The second-order valence-electron chi connectivity index (χ2n) is 4.26. The highest BCUT2D eigenvalue weighted by atomic mass is 16.5. The van der Waals surface area contributed by atoms with Crippen LogP contribution < -0.4 is 5.32 Å². The molecule has 1 rings (SSSR count).